The molecule has 2 aromatic rings. The largest absolute Gasteiger partial charge is 0.472 e. The van der Waals surface area contributed by atoms with Gasteiger partial charge in [0.2, 0.25) is 0 Å². The van der Waals surface area contributed by atoms with E-state index < -0.39 is 10.0 Å². The van der Waals surface area contributed by atoms with Gasteiger partial charge in [0.15, 0.2) is 0 Å². The highest BCUT2D eigenvalue weighted by atomic mass is 32.2. The molecule has 0 bridgehead atoms. The van der Waals surface area contributed by atoms with Crippen molar-refractivity contribution in [2.24, 2.45) is 0 Å². The smallest absolute Gasteiger partial charge is 0.252 e. The summed E-state index contributed by atoms with van der Waals surface area (Å²) < 4.78 is 30.6. The Morgan fingerprint density at radius 2 is 2.25 bits per heavy atom. The Morgan fingerprint density at radius 3 is 2.81 bits per heavy atom. The van der Waals surface area contributed by atoms with E-state index in [1.807, 2.05) is 0 Å². The SMILES string of the molecule is CN(Cc1ccoc1)S(=O)(=O)c1cccs1. The van der Waals surface area contributed by atoms with Gasteiger partial charge in [-0.3, -0.25) is 0 Å². The van der Waals surface area contributed by atoms with Gasteiger partial charge in [0.1, 0.15) is 4.21 Å². The Morgan fingerprint density at radius 1 is 1.44 bits per heavy atom. The second kappa shape index (κ2) is 4.40. The molecule has 0 aromatic carbocycles. The number of thiophene rings is 1. The van der Waals surface area contributed by atoms with Gasteiger partial charge in [-0.25, -0.2) is 8.42 Å². The van der Waals surface area contributed by atoms with Gasteiger partial charge in [0, 0.05) is 19.2 Å². The molecule has 2 heterocycles. The molecule has 0 spiro atoms. The number of rotatable bonds is 4. The topological polar surface area (TPSA) is 50.5 Å². The zero-order valence-electron chi connectivity index (χ0n) is 8.66. The van der Waals surface area contributed by atoms with Crippen LogP contribution in [0.15, 0.2) is 44.7 Å². The maximum absolute atomic E-state index is 12.0. The summed E-state index contributed by atoms with van der Waals surface area (Å²) in [6, 6.07) is 5.08. The summed E-state index contributed by atoms with van der Waals surface area (Å²) in [5, 5.41) is 1.75. The first-order valence-electron chi connectivity index (χ1n) is 4.61. The summed E-state index contributed by atoms with van der Waals surface area (Å²) in [4.78, 5) is 0. The molecule has 0 aliphatic rings. The quantitative estimate of drug-likeness (QED) is 0.843. The third-order valence-electron chi connectivity index (χ3n) is 2.14. The van der Waals surface area contributed by atoms with Crippen LogP contribution in [0.1, 0.15) is 5.56 Å². The first kappa shape index (κ1) is 11.4. The van der Waals surface area contributed by atoms with Crippen LogP contribution in [-0.4, -0.2) is 19.8 Å². The van der Waals surface area contributed by atoms with Crippen LogP contribution in [0, 0.1) is 0 Å². The molecular weight excluding hydrogens is 246 g/mol. The lowest BCUT2D eigenvalue weighted by Crippen LogP contribution is -2.25. The molecule has 0 fully saturated rings. The van der Waals surface area contributed by atoms with Crippen molar-refractivity contribution in [1.82, 2.24) is 4.31 Å². The van der Waals surface area contributed by atoms with Gasteiger partial charge < -0.3 is 4.42 Å². The van der Waals surface area contributed by atoms with Crippen molar-refractivity contribution < 1.29 is 12.8 Å². The Labute approximate surface area is 98.2 Å². The molecule has 4 nitrogen and oxygen atoms in total. The summed E-state index contributed by atoms with van der Waals surface area (Å²) in [6.07, 6.45) is 3.07. The minimum atomic E-state index is -3.36. The Hall–Kier alpha value is -1.11. The van der Waals surface area contributed by atoms with E-state index in [9.17, 15) is 8.42 Å². The van der Waals surface area contributed by atoms with Crippen LogP contribution >= 0.6 is 11.3 Å². The fourth-order valence-electron chi connectivity index (χ4n) is 1.29. The molecule has 2 aromatic heterocycles. The van der Waals surface area contributed by atoms with Crippen molar-refractivity contribution in [1.29, 1.82) is 0 Å². The summed E-state index contributed by atoms with van der Waals surface area (Å²) in [6.45, 7) is 0.316. The lowest BCUT2D eigenvalue weighted by Gasteiger charge is -2.14. The van der Waals surface area contributed by atoms with Gasteiger partial charge in [-0.05, 0) is 17.5 Å². The summed E-state index contributed by atoms with van der Waals surface area (Å²) in [5.41, 5.74) is 0.836. The highest BCUT2D eigenvalue weighted by molar-refractivity contribution is 7.91. The third kappa shape index (κ3) is 2.18. The normalized spacial score (nSPS) is 12.1. The van der Waals surface area contributed by atoms with Gasteiger partial charge in [-0.1, -0.05) is 6.07 Å². The molecule has 0 saturated carbocycles. The second-order valence-electron chi connectivity index (χ2n) is 3.32. The van der Waals surface area contributed by atoms with E-state index in [0.29, 0.717) is 10.8 Å². The van der Waals surface area contributed by atoms with Crippen LogP contribution in [0.3, 0.4) is 0 Å². The van der Waals surface area contributed by atoms with Crippen LogP contribution in [0.5, 0.6) is 0 Å². The van der Waals surface area contributed by atoms with E-state index in [2.05, 4.69) is 0 Å². The first-order chi connectivity index (χ1) is 7.60. The minimum Gasteiger partial charge on any atom is -0.472 e. The van der Waals surface area contributed by atoms with E-state index in [0.717, 1.165) is 5.56 Å². The molecule has 0 radical (unpaired) electrons. The molecular formula is C10H11NO3S2. The van der Waals surface area contributed by atoms with Crippen molar-refractivity contribution in [3.8, 4) is 0 Å². The van der Waals surface area contributed by atoms with E-state index in [4.69, 9.17) is 4.42 Å². The van der Waals surface area contributed by atoms with Gasteiger partial charge in [0.05, 0.1) is 12.5 Å². The fraction of sp³-hybridized carbons (Fsp3) is 0.200. The molecule has 0 aliphatic heterocycles. The summed E-state index contributed by atoms with van der Waals surface area (Å²) in [7, 11) is -1.80. The van der Waals surface area contributed by atoms with Gasteiger partial charge in [-0.15, -0.1) is 11.3 Å². The van der Waals surface area contributed by atoms with Crippen LogP contribution in [0.2, 0.25) is 0 Å². The van der Waals surface area contributed by atoms with Crippen LogP contribution in [0.25, 0.3) is 0 Å². The van der Waals surface area contributed by atoms with Crippen molar-refractivity contribution in [3.05, 3.63) is 41.7 Å². The molecule has 86 valence electrons. The number of sulfonamides is 1. The Balaban J connectivity index is 2.19. The van der Waals surface area contributed by atoms with Crippen molar-refractivity contribution in [2.75, 3.05) is 7.05 Å². The molecule has 0 saturated heterocycles. The molecule has 0 N–H and O–H groups in total. The lowest BCUT2D eigenvalue weighted by molar-refractivity contribution is 0.465. The van der Waals surface area contributed by atoms with E-state index in [-0.39, 0.29) is 0 Å². The molecule has 0 atom stereocenters. The van der Waals surface area contributed by atoms with Gasteiger partial charge in [-0.2, -0.15) is 4.31 Å². The van der Waals surface area contributed by atoms with Crippen LogP contribution in [0.4, 0.5) is 0 Å². The molecule has 2 rings (SSSR count). The van der Waals surface area contributed by atoms with E-state index in [1.165, 1.54) is 21.9 Å². The predicted molar refractivity (Wildman–Crippen MR) is 61.7 cm³/mol. The van der Waals surface area contributed by atoms with Gasteiger partial charge >= 0.3 is 0 Å². The molecule has 6 heteroatoms. The molecule has 0 unspecified atom stereocenters. The first-order valence-corrected chi connectivity index (χ1v) is 6.93. The predicted octanol–water partition coefficient (Wildman–Crippen LogP) is 2.16. The third-order valence-corrected chi connectivity index (χ3v) is 5.32. The Kier molecular flexibility index (Phi) is 3.13. The molecule has 0 aliphatic carbocycles. The number of nitrogens with zero attached hydrogens (tertiary/aromatic N) is 1. The maximum atomic E-state index is 12.0. The average molecular weight is 257 g/mol. The number of hydrogen-bond donors (Lipinski definition) is 0. The van der Waals surface area contributed by atoms with Crippen molar-refractivity contribution >= 4 is 21.4 Å². The zero-order valence-corrected chi connectivity index (χ0v) is 10.3. The highest BCUT2D eigenvalue weighted by Crippen LogP contribution is 2.21. The average Bonchev–Trinajstić information content (AvgIpc) is 2.89. The maximum Gasteiger partial charge on any atom is 0.252 e. The van der Waals surface area contributed by atoms with Crippen molar-refractivity contribution in [2.45, 2.75) is 10.8 Å². The highest BCUT2D eigenvalue weighted by Gasteiger charge is 2.21. The standard InChI is InChI=1S/C10H11NO3S2/c1-11(7-9-4-5-14-8-9)16(12,13)10-3-2-6-15-10/h2-6,8H,7H2,1H3. The van der Waals surface area contributed by atoms with Gasteiger partial charge in [0.25, 0.3) is 10.0 Å². The zero-order chi connectivity index (χ0) is 11.6. The number of furan rings is 1. The monoisotopic (exact) mass is 257 g/mol. The van der Waals surface area contributed by atoms with E-state index >= 15 is 0 Å². The molecule has 16 heavy (non-hydrogen) atoms. The van der Waals surface area contributed by atoms with Crippen LogP contribution < -0.4 is 0 Å². The summed E-state index contributed by atoms with van der Waals surface area (Å²) >= 11 is 1.22. The van der Waals surface area contributed by atoms with Crippen LogP contribution in [-0.2, 0) is 16.6 Å². The number of hydrogen-bond acceptors (Lipinski definition) is 4. The van der Waals surface area contributed by atoms with E-state index in [1.54, 1.807) is 36.9 Å². The Bertz CT molecular complexity index is 529. The fourth-order valence-corrected chi connectivity index (χ4v) is 3.65. The minimum absolute atomic E-state index is 0.316. The second-order valence-corrected chi connectivity index (χ2v) is 6.54. The summed E-state index contributed by atoms with van der Waals surface area (Å²) in [5.74, 6) is 0. The van der Waals surface area contributed by atoms with Crippen molar-refractivity contribution in [3.63, 3.8) is 0 Å². The lowest BCUT2D eigenvalue weighted by atomic mass is 10.3. The molecule has 0 amide bonds.